The van der Waals surface area contributed by atoms with E-state index in [0.717, 1.165) is 0 Å². The fourth-order valence-corrected chi connectivity index (χ4v) is 0.275. The van der Waals surface area contributed by atoms with Crippen molar-refractivity contribution in [1.29, 1.82) is 0 Å². The highest BCUT2D eigenvalue weighted by molar-refractivity contribution is 4.61. The molecule has 0 fully saturated rings. The minimum absolute atomic E-state index is 0.562. The van der Waals surface area contributed by atoms with Gasteiger partial charge in [-0.15, -0.1) is 0 Å². The molecular weight excluding hydrogens is 92.1 g/mol. The molecule has 0 aliphatic carbocycles. The molecule has 1 aromatic rings. The van der Waals surface area contributed by atoms with Crippen LogP contribution in [0.3, 0.4) is 0 Å². The standard InChI is InChI=1S/C4H3N2O/c7-6-3-1-5-2-4-6/h1-3H. The Hall–Kier alpha value is -1.12. The smallest absolute Gasteiger partial charge is 0.310 e. The van der Waals surface area contributed by atoms with E-state index in [9.17, 15) is 5.21 Å². The van der Waals surface area contributed by atoms with Gasteiger partial charge in [0.15, 0.2) is 6.20 Å². The van der Waals surface area contributed by atoms with Crippen LogP contribution in [0.5, 0.6) is 0 Å². The zero-order chi connectivity index (χ0) is 5.11. The van der Waals surface area contributed by atoms with Crippen LogP contribution in [0.25, 0.3) is 0 Å². The molecule has 0 N–H and O–H groups in total. The lowest BCUT2D eigenvalue weighted by molar-refractivity contribution is -0.610. The SMILES string of the molecule is [O-][n+]1[c]cncc1. The third-order valence-electron chi connectivity index (χ3n) is 0.548. The summed E-state index contributed by atoms with van der Waals surface area (Å²) in [6.07, 6.45) is 6.28. The monoisotopic (exact) mass is 95.0 g/mol. The lowest BCUT2D eigenvalue weighted by Gasteiger charge is -1.85. The van der Waals surface area contributed by atoms with Crippen molar-refractivity contribution in [3.05, 3.63) is 30.0 Å². The molecule has 7 heavy (non-hydrogen) atoms. The molecule has 0 spiro atoms. The fraction of sp³-hybridized carbons (Fsp3) is 0. The normalized spacial score (nSPS) is 8.57. The van der Waals surface area contributed by atoms with E-state index in [1.165, 1.54) is 18.6 Å². The highest BCUT2D eigenvalue weighted by Gasteiger charge is 1.78. The Bertz CT molecular complexity index is 140. The minimum atomic E-state index is 0.562. The van der Waals surface area contributed by atoms with Crippen LogP contribution in [-0.2, 0) is 0 Å². The van der Waals surface area contributed by atoms with Crippen molar-refractivity contribution in [2.24, 2.45) is 0 Å². The largest absolute Gasteiger partial charge is 0.618 e. The molecule has 1 aromatic heterocycles. The average molecular weight is 95.1 g/mol. The van der Waals surface area contributed by atoms with Gasteiger partial charge >= 0.3 is 6.20 Å². The van der Waals surface area contributed by atoms with E-state index < -0.39 is 0 Å². The number of aromatic nitrogens is 2. The molecular formula is C4H3N2O. The van der Waals surface area contributed by atoms with Crippen LogP contribution < -0.4 is 4.73 Å². The molecule has 3 nitrogen and oxygen atoms in total. The van der Waals surface area contributed by atoms with E-state index >= 15 is 0 Å². The molecule has 1 heterocycles. The minimum Gasteiger partial charge on any atom is -0.618 e. The van der Waals surface area contributed by atoms with Crippen molar-refractivity contribution in [3.8, 4) is 0 Å². The highest BCUT2D eigenvalue weighted by Crippen LogP contribution is 1.62. The van der Waals surface area contributed by atoms with E-state index in [4.69, 9.17) is 0 Å². The van der Waals surface area contributed by atoms with Crippen LogP contribution >= 0.6 is 0 Å². The van der Waals surface area contributed by atoms with E-state index in [2.05, 4.69) is 11.2 Å². The Morgan fingerprint density at radius 1 is 1.71 bits per heavy atom. The van der Waals surface area contributed by atoms with E-state index in [1.54, 1.807) is 0 Å². The van der Waals surface area contributed by atoms with E-state index in [-0.39, 0.29) is 0 Å². The maximum atomic E-state index is 10.1. The molecule has 0 saturated heterocycles. The molecule has 0 bridgehead atoms. The topological polar surface area (TPSA) is 39.8 Å². The molecule has 0 atom stereocenters. The zero-order valence-corrected chi connectivity index (χ0v) is 3.53. The molecule has 0 aliphatic rings. The summed E-state index contributed by atoms with van der Waals surface area (Å²) in [5, 5.41) is 10.1. The molecule has 35 valence electrons. The summed E-state index contributed by atoms with van der Waals surface area (Å²) < 4.78 is 0.562. The Labute approximate surface area is 40.8 Å². The van der Waals surface area contributed by atoms with Gasteiger partial charge in [0.2, 0.25) is 0 Å². The number of hydrogen-bond acceptors (Lipinski definition) is 2. The number of rotatable bonds is 0. The molecule has 0 amide bonds. The first kappa shape index (κ1) is 4.05. The second kappa shape index (κ2) is 1.55. The van der Waals surface area contributed by atoms with Crippen LogP contribution in [-0.4, -0.2) is 4.98 Å². The Kier molecular flexibility index (Phi) is 0.898. The van der Waals surface area contributed by atoms with Crippen LogP contribution in [0.2, 0.25) is 0 Å². The molecule has 1 rings (SSSR count). The summed E-state index contributed by atoms with van der Waals surface area (Å²) in [6, 6.07) is 0. The van der Waals surface area contributed by atoms with Crippen molar-refractivity contribution < 1.29 is 4.73 Å². The lowest BCUT2D eigenvalue weighted by Crippen LogP contribution is -2.24. The van der Waals surface area contributed by atoms with Gasteiger partial charge in [-0.05, 0) is 0 Å². The second-order valence-corrected chi connectivity index (χ2v) is 1.03. The van der Waals surface area contributed by atoms with Gasteiger partial charge in [-0.1, -0.05) is 0 Å². The molecule has 0 unspecified atom stereocenters. The van der Waals surface area contributed by atoms with Crippen LogP contribution in [0, 0.1) is 11.4 Å². The van der Waals surface area contributed by atoms with Crippen LogP contribution in [0.15, 0.2) is 18.6 Å². The van der Waals surface area contributed by atoms with Crippen molar-refractivity contribution in [3.63, 3.8) is 0 Å². The highest BCUT2D eigenvalue weighted by atomic mass is 16.5. The fourth-order valence-electron chi connectivity index (χ4n) is 0.275. The first-order valence-corrected chi connectivity index (χ1v) is 1.80. The Balaban J connectivity index is 3.02. The van der Waals surface area contributed by atoms with Gasteiger partial charge in [-0.3, -0.25) is 4.98 Å². The van der Waals surface area contributed by atoms with E-state index in [0.29, 0.717) is 4.73 Å². The molecule has 3 heteroatoms. The summed E-state index contributed by atoms with van der Waals surface area (Å²) in [7, 11) is 0. The first-order chi connectivity index (χ1) is 3.39. The summed E-state index contributed by atoms with van der Waals surface area (Å²) in [5.74, 6) is 0. The zero-order valence-electron chi connectivity index (χ0n) is 3.53. The first-order valence-electron chi connectivity index (χ1n) is 1.80. The van der Waals surface area contributed by atoms with Crippen molar-refractivity contribution in [2.45, 2.75) is 0 Å². The van der Waals surface area contributed by atoms with E-state index in [1.807, 2.05) is 0 Å². The summed E-state index contributed by atoms with van der Waals surface area (Å²) in [4.78, 5) is 3.57. The van der Waals surface area contributed by atoms with Gasteiger partial charge in [0.1, 0.15) is 6.20 Å². The van der Waals surface area contributed by atoms with Crippen molar-refractivity contribution >= 4 is 0 Å². The van der Waals surface area contributed by atoms with Crippen LogP contribution in [0.4, 0.5) is 0 Å². The number of nitrogens with zero attached hydrogens (tertiary/aromatic N) is 2. The van der Waals surface area contributed by atoms with Gasteiger partial charge < -0.3 is 5.21 Å². The summed E-state index contributed by atoms with van der Waals surface area (Å²) >= 11 is 0. The maximum Gasteiger partial charge on any atom is 0.310 e. The van der Waals surface area contributed by atoms with Gasteiger partial charge in [-0.2, -0.15) is 4.73 Å². The Morgan fingerprint density at radius 3 is 2.86 bits per heavy atom. The lowest BCUT2D eigenvalue weighted by atomic mass is 10.8. The van der Waals surface area contributed by atoms with Gasteiger partial charge in [-0.25, -0.2) is 0 Å². The predicted molar refractivity (Wildman–Crippen MR) is 22.0 cm³/mol. The third kappa shape index (κ3) is 0.855. The van der Waals surface area contributed by atoms with Gasteiger partial charge in [0, 0.05) is 0 Å². The number of hydrogen-bond donors (Lipinski definition) is 0. The van der Waals surface area contributed by atoms with Crippen LogP contribution in [0.1, 0.15) is 0 Å². The van der Waals surface area contributed by atoms with Crippen molar-refractivity contribution in [1.82, 2.24) is 4.98 Å². The predicted octanol–water partition coefficient (Wildman–Crippen LogP) is -0.485. The van der Waals surface area contributed by atoms with Crippen molar-refractivity contribution in [2.75, 3.05) is 0 Å². The van der Waals surface area contributed by atoms with Gasteiger partial charge in [0.25, 0.3) is 0 Å². The second-order valence-electron chi connectivity index (χ2n) is 1.03. The van der Waals surface area contributed by atoms with Gasteiger partial charge in [0.05, 0.1) is 6.20 Å². The maximum absolute atomic E-state index is 10.1. The average Bonchev–Trinajstić information content (AvgIpc) is 1.69. The third-order valence-corrected chi connectivity index (χ3v) is 0.548. The quantitative estimate of drug-likeness (QED) is 0.322. The summed E-state index contributed by atoms with van der Waals surface area (Å²) in [6.45, 7) is 0. The molecule has 1 radical (unpaired) electrons. The molecule has 0 saturated carbocycles. The molecule has 0 aromatic carbocycles. The Morgan fingerprint density at radius 2 is 2.57 bits per heavy atom. The summed E-state index contributed by atoms with van der Waals surface area (Å²) in [5.41, 5.74) is 0. The molecule has 0 aliphatic heterocycles.